The van der Waals surface area contributed by atoms with E-state index in [1.165, 1.54) is 63.8 Å². The van der Waals surface area contributed by atoms with Crippen LogP contribution in [0.2, 0.25) is 0 Å². The highest BCUT2D eigenvalue weighted by atomic mass is 32.1. The zero-order valence-corrected chi connectivity index (χ0v) is 18.8. The maximum Gasteiger partial charge on any atom is 0.0702 e. The van der Waals surface area contributed by atoms with Crippen LogP contribution < -0.4 is 0 Å². The number of nitrogens with zero attached hydrogens (tertiary/aromatic N) is 2. The first-order valence-electron chi connectivity index (χ1n) is 11.2. The van der Waals surface area contributed by atoms with Gasteiger partial charge in [-0.05, 0) is 48.9 Å². The normalized spacial score (nSPS) is 12.4. The number of benzene rings is 4. The number of rotatable bonds is 1. The molecular weight excluding hydrogens is 420 g/mol. The van der Waals surface area contributed by atoms with Crippen molar-refractivity contribution in [3.05, 3.63) is 96.7 Å². The Morgan fingerprint density at radius 3 is 2.36 bits per heavy atom. The standard InChI is InChI=1S/C30H18N2S/c1-17-10-12-23(31-16-17)18-11-13-25-22(14-18)29-28-20-7-3-5-9-26(20)33-27(28)15-21-19-6-2-4-8-24(19)32(25)30(21)29/h2-16H,1H3. The van der Waals surface area contributed by atoms with E-state index < -0.39 is 0 Å². The highest BCUT2D eigenvalue weighted by molar-refractivity contribution is 7.26. The predicted molar refractivity (Wildman–Crippen MR) is 142 cm³/mol. The van der Waals surface area contributed by atoms with Crippen molar-refractivity contribution in [3.8, 4) is 11.3 Å². The van der Waals surface area contributed by atoms with Gasteiger partial charge in [0.1, 0.15) is 0 Å². The molecule has 33 heavy (non-hydrogen) atoms. The number of para-hydroxylation sites is 1. The van der Waals surface area contributed by atoms with Crippen molar-refractivity contribution in [1.82, 2.24) is 9.38 Å². The summed E-state index contributed by atoms with van der Waals surface area (Å²) in [6.07, 6.45) is 1.95. The second-order valence-corrected chi connectivity index (χ2v) is 10.0. The smallest absolute Gasteiger partial charge is 0.0702 e. The summed E-state index contributed by atoms with van der Waals surface area (Å²) in [4.78, 5) is 4.71. The highest BCUT2D eigenvalue weighted by Gasteiger charge is 2.22. The lowest BCUT2D eigenvalue weighted by molar-refractivity contribution is 1.27. The monoisotopic (exact) mass is 438 g/mol. The fourth-order valence-electron chi connectivity index (χ4n) is 5.57. The fraction of sp³-hybridized carbons (Fsp3) is 0.0333. The van der Waals surface area contributed by atoms with E-state index in [4.69, 9.17) is 4.98 Å². The molecule has 0 N–H and O–H groups in total. The van der Waals surface area contributed by atoms with Gasteiger partial charge in [0.2, 0.25) is 0 Å². The van der Waals surface area contributed by atoms with Crippen LogP contribution in [-0.4, -0.2) is 9.38 Å². The third-order valence-corrected chi connectivity index (χ3v) is 8.13. The Bertz CT molecular complexity index is 2020. The van der Waals surface area contributed by atoms with E-state index in [2.05, 4.69) is 96.3 Å². The van der Waals surface area contributed by atoms with Crippen LogP contribution in [0.3, 0.4) is 0 Å². The SMILES string of the molecule is Cc1ccc(-c2ccc3c(c2)c2c4c(cc5c6ccccc6n3c52)sc2ccccc24)nc1. The van der Waals surface area contributed by atoms with E-state index in [-0.39, 0.29) is 0 Å². The molecule has 0 aliphatic heterocycles. The first-order chi connectivity index (χ1) is 16.3. The van der Waals surface area contributed by atoms with Gasteiger partial charge < -0.3 is 4.40 Å². The van der Waals surface area contributed by atoms with Crippen LogP contribution in [0, 0.1) is 6.92 Å². The summed E-state index contributed by atoms with van der Waals surface area (Å²) in [5.41, 5.74) is 7.22. The molecular formula is C30H18N2S. The predicted octanol–water partition coefficient (Wildman–Crippen LogP) is 8.58. The van der Waals surface area contributed by atoms with E-state index in [9.17, 15) is 0 Å². The molecule has 0 atom stereocenters. The van der Waals surface area contributed by atoms with E-state index in [0.29, 0.717) is 0 Å². The summed E-state index contributed by atoms with van der Waals surface area (Å²) in [6.45, 7) is 2.08. The number of thiophene rings is 1. The molecule has 0 aliphatic carbocycles. The lowest BCUT2D eigenvalue weighted by Crippen LogP contribution is -1.85. The van der Waals surface area contributed by atoms with Crippen LogP contribution in [-0.2, 0) is 0 Å². The third-order valence-electron chi connectivity index (χ3n) is 7.01. The van der Waals surface area contributed by atoms with E-state index in [1.807, 2.05) is 17.5 Å². The molecule has 4 aromatic carbocycles. The van der Waals surface area contributed by atoms with Crippen LogP contribution in [0.25, 0.3) is 69.5 Å². The Kier molecular flexibility index (Phi) is 3.25. The number of pyridine rings is 1. The Balaban J connectivity index is 1.65. The summed E-state index contributed by atoms with van der Waals surface area (Å²) < 4.78 is 5.17. The van der Waals surface area contributed by atoms with E-state index in [1.54, 1.807) is 0 Å². The maximum absolute atomic E-state index is 4.71. The molecule has 4 aromatic heterocycles. The molecule has 0 radical (unpaired) electrons. The van der Waals surface area contributed by atoms with Crippen LogP contribution in [0.1, 0.15) is 5.56 Å². The van der Waals surface area contributed by atoms with Crippen molar-refractivity contribution < 1.29 is 0 Å². The van der Waals surface area contributed by atoms with Gasteiger partial charge in [-0.25, -0.2) is 0 Å². The van der Waals surface area contributed by atoms with Gasteiger partial charge in [-0.2, -0.15) is 0 Å². The lowest BCUT2D eigenvalue weighted by Gasteiger charge is -2.04. The number of hydrogen-bond acceptors (Lipinski definition) is 2. The van der Waals surface area contributed by atoms with Crippen LogP contribution >= 0.6 is 11.3 Å². The van der Waals surface area contributed by atoms with Crippen LogP contribution in [0.15, 0.2) is 91.1 Å². The lowest BCUT2D eigenvalue weighted by atomic mass is 10.0. The van der Waals surface area contributed by atoms with Gasteiger partial charge in [0.15, 0.2) is 0 Å². The molecule has 0 saturated carbocycles. The number of fused-ring (bicyclic) bond motifs is 10. The Morgan fingerprint density at radius 2 is 1.48 bits per heavy atom. The summed E-state index contributed by atoms with van der Waals surface area (Å²) in [7, 11) is 0. The fourth-order valence-corrected chi connectivity index (χ4v) is 6.73. The molecule has 0 bridgehead atoms. The summed E-state index contributed by atoms with van der Waals surface area (Å²) in [5, 5.41) is 8.04. The van der Waals surface area contributed by atoms with Gasteiger partial charge >= 0.3 is 0 Å². The second-order valence-electron chi connectivity index (χ2n) is 8.92. The highest BCUT2D eigenvalue weighted by Crippen LogP contribution is 2.47. The van der Waals surface area contributed by atoms with Gasteiger partial charge in [-0.15, -0.1) is 11.3 Å². The molecule has 0 unspecified atom stereocenters. The largest absolute Gasteiger partial charge is 0.308 e. The molecule has 154 valence electrons. The van der Waals surface area contributed by atoms with Gasteiger partial charge in [-0.1, -0.05) is 48.5 Å². The Hall–Kier alpha value is -3.95. The molecule has 0 saturated heterocycles. The minimum Gasteiger partial charge on any atom is -0.308 e. The average molecular weight is 439 g/mol. The number of aryl methyl sites for hydroxylation is 1. The third kappa shape index (κ3) is 2.20. The quantitative estimate of drug-likeness (QED) is 0.251. The van der Waals surface area contributed by atoms with E-state index >= 15 is 0 Å². The number of aromatic nitrogens is 2. The van der Waals surface area contributed by atoms with Crippen molar-refractivity contribution in [3.63, 3.8) is 0 Å². The molecule has 0 spiro atoms. The van der Waals surface area contributed by atoms with Crippen molar-refractivity contribution in [2.24, 2.45) is 0 Å². The first kappa shape index (κ1) is 17.6. The topological polar surface area (TPSA) is 17.3 Å². The van der Waals surface area contributed by atoms with E-state index in [0.717, 1.165) is 11.3 Å². The van der Waals surface area contributed by atoms with Gasteiger partial charge in [0.25, 0.3) is 0 Å². The van der Waals surface area contributed by atoms with Crippen molar-refractivity contribution >= 4 is 69.6 Å². The number of hydrogen-bond donors (Lipinski definition) is 0. The molecule has 0 amide bonds. The second kappa shape index (κ2) is 6.09. The minimum absolute atomic E-state index is 1.02. The minimum atomic E-state index is 1.02. The van der Waals surface area contributed by atoms with Crippen LogP contribution in [0.5, 0.6) is 0 Å². The molecule has 2 nitrogen and oxygen atoms in total. The maximum atomic E-state index is 4.71. The molecule has 8 aromatic rings. The summed E-state index contributed by atoms with van der Waals surface area (Å²) >= 11 is 1.90. The van der Waals surface area contributed by atoms with Crippen molar-refractivity contribution in [2.75, 3.05) is 0 Å². The van der Waals surface area contributed by atoms with Gasteiger partial charge in [0.05, 0.1) is 22.2 Å². The molecule has 3 heteroatoms. The average Bonchev–Trinajstić information content (AvgIpc) is 3.49. The molecule has 4 heterocycles. The summed E-state index contributed by atoms with van der Waals surface area (Å²) in [6, 6.07) is 31.1. The zero-order chi connectivity index (χ0) is 21.7. The van der Waals surface area contributed by atoms with Gasteiger partial charge in [0, 0.05) is 53.5 Å². The Labute approximate surface area is 193 Å². The van der Waals surface area contributed by atoms with Crippen molar-refractivity contribution in [2.45, 2.75) is 6.92 Å². The first-order valence-corrected chi connectivity index (χ1v) is 12.0. The zero-order valence-electron chi connectivity index (χ0n) is 18.0. The summed E-state index contributed by atoms with van der Waals surface area (Å²) in [5.74, 6) is 0. The molecule has 8 rings (SSSR count). The Morgan fingerprint density at radius 1 is 0.667 bits per heavy atom. The van der Waals surface area contributed by atoms with Crippen LogP contribution in [0.4, 0.5) is 0 Å². The van der Waals surface area contributed by atoms with Gasteiger partial charge in [-0.3, -0.25) is 4.98 Å². The molecule has 0 aliphatic rings. The molecule has 0 fully saturated rings. The van der Waals surface area contributed by atoms with Crippen molar-refractivity contribution in [1.29, 1.82) is 0 Å².